The number of rotatable bonds is 6. The van der Waals surface area contributed by atoms with Crippen LogP contribution < -0.4 is 10.1 Å². The highest BCUT2D eigenvalue weighted by Crippen LogP contribution is 2.19. The Hall–Kier alpha value is -1.16. The van der Waals surface area contributed by atoms with E-state index in [1.807, 2.05) is 6.92 Å². The summed E-state index contributed by atoms with van der Waals surface area (Å²) in [6.45, 7) is 4.48. The average Bonchev–Trinajstić information content (AvgIpc) is 2.26. The van der Waals surface area contributed by atoms with Crippen molar-refractivity contribution in [3.8, 4) is 5.75 Å². The molecule has 0 aliphatic carbocycles. The molecule has 0 radical (unpaired) electrons. The lowest BCUT2D eigenvalue weighted by molar-refractivity contribution is -0.0498. The van der Waals surface area contributed by atoms with Gasteiger partial charge in [0.05, 0.1) is 0 Å². The molecule has 17 heavy (non-hydrogen) atoms. The lowest BCUT2D eigenvalue weighted by atomic mass is 10.1. The minimum atomic E-state index is -2.77. The monoisotopic (exact) mass is 243 g/mol. The molecule has 0 heterocycles. The minimum absolute atomic E-state index is 0.194. The molecule has 1 rings (SSSR count). The first kappa shape index (κ1) is 13.9. The molecule has 0 spiro atoms. The minimum Gasteiger partial charge on any atom is -0.435 e. The topological polar surface area (TPSA) is 21.3 Å². The van der Waals surface area contributed by atoms with Crippen molar-refractivity contribution in [2.24, 2.45) is 5.92 Å². The highest BCUT2D eigenvalue weighted by molar-refractivity contribution is 5.28. The Kier molecular flexibility index (Phi) is 5.35. The van der Waals surface area contributed by atoms with Crippen LogP contribution in [0.25, 0.3) is 0 Å². The van der Waals surface area contributed by atoms with E-state index in [2.05, 4.69) is 23.9 Å². The van der Waals surface area contributed by atoms with E-state index in [4.69, 9.17) is 0 Å². The third-order valence-corrected chi connectivity index (χ3v) is 2.44. The third-order valence-electron chi connectivity index (χ3n) is 2.44. The molecule has 1 aromatic rings. The van der Waals surface area contributed by atoms with Gasteiger partial charge < -0.3 is 10.1 Å². The zero-order chi connectivity index (χ0) is 12.8. The van der Waals surface area contributed by atoms with Crippen LogP contribution >= 0.6 is 0 Å². The van der Waals surface area contributed by atoms with Crippen molar-refractivity contribution >= 4 is 0 Å². The van der Waals surface area contributed by atoms with Crippen LogP contribution in [0, 0.1) is 5.92 Å². The van der Waals surface area contributed by atoms with Crippen molar-refractivity contribution in [2.75, 3.05) is 6.54 Å². The Balaban J connectivity index is 2.54. The summed E-state index contributed by atoms with van der Waals surface area (Å²) in [6, 6.07) is 6.94. The van der Waals surface area contributed by atoms with Crippen molar-refractivity contribution in [1.29, 1.82) is 0 Å². The molecule has 0 aromatic heterocycles. The standard InChI is InChI=1S/C13H19F2NO/c1-9(2)8-16-10(3)11-4-6-12(7-5-11)17-13(14)15/h4-7,9-10,13,16H,8H2,1-3H3. The highest BCUT2D eigenvalue weighted by atomic mass is 19.3. The zero-order valence-corrected chi connectivity index (χ0v) is 10.4. The first-order valence-corrected chi connectivity index (χ1v) is 5.77. The summed E-state index contributed by atoms with van der Waals surface area (Å²) >= 11 is 0. The maximum absolute atomic E-state index is 12.0. The van der Waals surface area contributed by atoms with Crippen molar-refractivity contribution < 1.29 is 13.5 Å². The van der Waals surface area contributed by atoms with E-state index in [0.29, 0.717) is 5.92 Å². The lowest BCUT2D eigenvalue weighted by Crippen LogP contribution is -2.23. The predicted molar refractivity (Wildman–Crippen MR) is 64.3 cm³/mol. The number of alkyl halides is 2. The van der Waals surface area contributed by atoms with Gasteiger partial charge in [-0.25, -0.2) is 0 Å². The number of halogens is 2. The fourth-order valence-corrected chi connectivity index (χ4v) is 1.47. The molecule has 0 saturated heterocycles. The molecular formula is C13H19F2NO. The number of benzene rings is 1. The van der Waals surface area contributed by atoms with Crippen LogP contribution in [0.2, 0.25) is 0 Å². The molecule has 4 heteroatoms. The van der Waals surface area contributed by atoms with Gasteiger partial charge in [0, 0.05) is 6.04 Å². The number of hydrogen-bond donors (Lipinski definition) is 1. The van der Waals surface area contributed by atoms with Crippen LogP contribution in [-0.4, -0.2) is 13.2 Å². The molecule has 0 fully saturated rings. The first-order chi connectivity index (χ1) is 7.99. The smallest absolute Gasteiger partial charge is 0.387 e. The second kappa shape index (κ2) is 6.55. The van der Waals surface area contributed by atoms with Gasteiger partial charge in [-0.1, -0.05) is 26.0 Å². The summed E-state index contributed by atoms with van der Waals surface area (Å²) in [7, 11) is 0. The van der Waals surface area contributed by atoms with Crippen molar-refractivity contribution in [3.63, 3.8) is 0 Å². The summed E-state index contributed by atoms with van der Waals surface area (Å²) in [5, 5.41) is 3.37. The van der Waals surface area contributed by atoms with Crippen molar-refractivity contribution in [1.82, 2.24) is 5.32 Å². The number of nitrogens with one attached hydrogen (secondary N) is 1. The maximum Gasteiger partial charge on any atom is 0.387 e. The molecule has 2 nitrogen and oxygen atoms in total. The van der Waals surface area contributed by atoms with Crippen LogP contribution in [0.3, 0.4) is 0 Å². The van der Waals surface area contributed by atoms with Crippen LogP contribution in [-0.2, 0) is 0 Å². The average molecular weight is 243 g/mol. The summed E-state index contributed by atoms with van der Waals surface area (Å²) < 4.78 is 28.2. The van der Waals surface area contributed by atoms with Gasteiger partial charge in [-0.2, -0.15) is 8.78 Å². The Morgan fingerprint density at radius 3 is 2.18 bits per heavy atom. The van der Waals surface area contributed by atoms with Gasteiger partial charge in [0.2, 0.25) is 0 Å². The largest absolute Gasteiger partial charge is 0.435 e. The molecule has 96 valence electrons. The van der Waals surface area contributed by atoms with Crippen LogP contribution in [0.15, 0.2) is 24.3 Å². The molecule has 1 aromatic carbocycles. The summed E-state index contributed by atoms with van der Waals surface area (Å²) in [5.74, 6) is 0.777. The molecule has 1 unspecified atom stereocenters. The molecule has 0 saturated carbocycles. The van der Waals surface area contributed by atoms with E-state index < -0.39 is 6.61 Å². The van der Waals surface area contributed by atoms with E-state index in [9.17, 15) is 8.78 Å². The van der Waals surface area contributed by atoms with E-state index in [1.54, 1.807) is 24.3 Å². The summed E-state index contributed by atoms with van der Waals surface area (Å²) in [4.78, 5) is 0. The van der Waals surface area contributed by atoms with Gasteiger partial charge in [-0.3, -0.25) is 0 Å². The molecule has 0 aliphatic rings. The Bertz CT molecular complexity index is 325. The van der Waals surface area contributed by atoms with Crippen LogP contribution in [0.5, 0.6) is 5.75 Å². The fraction of sp³-hybridized carbons (Fsp3) is 0.538. The predicted octanol–water partition coefficient (Wildman–Crippen LogP) is 3.59. The molecule has 1 N–H and O–H groups in total. The van der Waals surface area contributed by atoms with E-state index >= 15 is 0 Å². The first-order valence-electron chi connectivity index (χ1n) is 5.77. The molecule has 0 aliphatic heterocycles. The van der Waals surface area contributed by atoms with E-state index in [0.717, 1.165) is 12.1 Å². The summed E-state index contributed by atoms with van der Waals surface area (Å²) in [5.41, 5.74) is 1.06. The highest BCUT2D eigenvalue weighted by Gasteiger charge is 2.07. The van der Waals surface area contributed by atoms with Crippen molar-refractivity contribution in [2.45, 2.75) is 33.4 Å². The van der Waals surface area contributed by atoms with Gasteiger partial charge in [-0.05, 0) is 37.1 Å². The Labute approximate surface area is 101 Å². The lowest BCUT2D eigenvalue weighted by Gasteiger charge is -2.16. The van der Waals surface area contributed by atoms with Crippen LogP contribution in [0.1, 0.15) is 32.4 Å². The zero-order valence-electron chi connectivity index (χ0n) is 10.4. The van der Waals surface area contributed by atoms with E-state index in [1.165, 1.54) is 0 Å². The van der Waals surface area contributed by atoms with Gasteiger partial charge >= 0.3 is 6.61 Å². The molecular weight excluding hydrogens is 224 g/mol. The van der Waals surface area contributed by atoms with Crippen LogP contribution in [0.4, 0.5) is 8.78 Å². The molecule has 1 atom stereocenters. The number of hydrogen-bond acceptors (Lipinski definition) is 2. The SMILES string of the molecule is CC(C)CNC(C)c1ccc(OC(F)F)cc1. The van der Waals surface area contributed by atoms with Gasteiger partial charge in [0.25, 0.3) is 0 Å². The normalized spacial score (nSPS) is 13.1. The van der Waals surface area contributed by atoms with Gasteiger partial charge in [0.15, 0.2) is 0 Å². The van der Waals surface area contributed by atoms with Gasteiger partial charge in [-0.15, -0.1) is 0 Å². The van der Waals surface area contributed by atoms with Gasteiger partial charge in [0.1, 0.15) is 5.75 Å². The molecule has 0 bridgehead atoms. The second-order valence-corrected chi connectivity index (χ2v) is 4.47. The number of ether oxygens (including phenoxy) is 1. The Morgan fingerprint density at radius 2 is 1.71 bits per heavy atom. The van der Waals surface area contributed by atoms with Crippen molar-refractivity contribution in [3.05, 3.63) is 29.8 Å². The Morgan fingerprint density at radius 1 is 1.12 bits per heavy atom. The molecule has 0 amide bonds. The van der Waals surface area contributed by atoms with E-state index in [-0.39, 0.29) is 11.8 Å². The second-order valence-electron chi connectivity index (χ2n) is 4.47. The fourth-order valence-electron chi connectivity index (χ4n) is 1.47. The maximum atomic E-state index is 12.0. The quantitative estimate of drug-likeness (QED) is 0.824. The summed E-state index contributed by atoms with van der Waals surface area (Å²) in [6.07, 6.45) is 0. The third kappa shape index (κ3) is 5.13.